The molecule has 1 fully saturated rings. The van der Waals surface area contributed by atoms with Crippen molar-refractivity contribution in [1.29, 1.82) is 0 Å². The second-order valence-electron chi connectivity index (χ2n) is 5.66. The highest BCUT2D eigenvalue weighted by Gasteiger charge is 2.17. The molecule has 0 bridgehead atoms. The van der Waals surface area contributed by atoms with Gasteiger partial charge in [-0.05, 0) is 38.1 Å². The van der Waals surface area contributed by atoms with Crippen LogP contribution < -0.4 is 10.6 Å². The third-order valence-electron chi connectivity index (χ3n) is 4.13. The van der Waals surface area contributed by atoms with Gasteiger partial charge in [0, 0.05) is 11.4 Å². The maximum Gasteiger partial charge on any atom is 0.204 e. The van der Waals surface area contributed by atoms with Crippen molar-refractivity contribution in [2.75, 3.05) is 18.4 Å². The number of anilines is 1. The molecule has 6 nitrogen and oxygen atoms in total. The summed E-state index contributed by atoms with van der Waals surface area (Å²) in [5.74, 6) is 0.959. The van der Waals surface area contributed by atoms with Crippen LogP contribution in [0, 0.1) is 0 Å². The van der Waals surface area contributed by atoms with E-state index in [2.05, 4.69) is 43.8 Å². The summed E-state index contributed by atoms with van der Waals surface area (Å²) in [7, 11) is 0. The largest absolute Gasteiger partial charge is 0.412 e. The molecule has 0 radical (unpaired) electrons. The van der Waals surface area contributed by atoms with Crippen LogP contribution in [0.2, 0.25) is 0 Å². The smallest absolute Gasteiger partial charge is 0.204 e. The number of piperidine rings is 1. The van der Waals surface area contributed by atoms with Gasteiger partial charge >= 0.3 is 0 Å². The van der Waals surface area contributed by atoms with Gasteiger partial charge in [0.1, 0.15) is 0 Å². The van der Waals surface area contributed by atoms with Crippen LogP contribution in [0.1, 0.15) is 18.5 Å². The van der Waals surface area contributed by atoms with Crippen LogP contribution in [0.5, 0.6) is 0 Å². The van der Waals surface area contributed by atoms with Crippen LogP contribution in [0.15, 0.2) is 35.2 Å². The highest BCUT2D eigenvalue weighted by Crippen LogP contribution is 2.23. The Morgan fingerprint density at radius 1 is 1.15 bits per heavy atom. The zero-order valence-electron chi connectivity index (χ0n) is 14.1. The molecule has 0 atom stereocenters. The number of hydrogen-bond donors (Lipinski definition) is 2. The monoisotopic (exact) mass is 571 g/mol. The summed E-state index contributed by atoms with van der Waals surface area (Å²) in [5.41, 5.74) is 5.16. The Morgan fingerprint density at radius 2 is 1.88 bits per heavy atom. The summed E-state index contributed by atoms with van der Waals surface area (Å²) in [6, 6.07) is 8.79. The number of fused-ring (bicyclic) bond motifs is 1. The van der Waals surface area contributed by atoms with Gasteiger partial charge in [0.25, 0.3) is 0 Å². The molecule has 0 amide bonds. The molecule has 4 rings (SSSR count). The molecule has 1 aliphatic heterocycles. The summed E-state index contributed by atoms with van der Waals surface area (Å²) in [4.78, 5) is 9.21. The predicted molar refractivity (Wildman–Crippen MR) is 125 cm³/mol. The van der Waals surface area contributed by atoms with Gasteiger partial charge in [-0.1, -0.05) is 12.1 Å². The number of thiazole rings is 1. The molecule has 0 spiro atoms. The number of rotatable bonds is 4. The molecule has 0 saturated carbocycles. The SMILES string of the molecule is Br.Br.Br.O.c1ccc2c(c1)nc(NC1CCNCC1)n2Cc1cscn1. The van der Waals surface area contributed by atoms with Crippen molar-refractivity contribution in [2.24, 2.45) is 0 Å². The number of para-hydroxylation sites is 2. The molecule has 3 aromatic rings. The van der Waals surface area contributed by atoms with Crippen molar-refractivity contribution in [3.05, 3.63) is 40.8 Å². The first kappa shape index (κ1) is 25.5. The lowest BCUT2D eigenvalue weighted by Crippen LogP contribution is -2.36. The summed E-state index contributed by atoms with van der Waals surface area (Å²) < 4.78 is 2.24. The standard InChI is InChI=1S/C16H19N5S.3BrH.H2O/c1-2-4-15-14(3-1)20-16(19-12-5-7-17-8-6-12)21(15)9-13-10-22-11-18-13;;;;/h1-4,10-12,17H,5-9H2,(H,19,20);3*1H;1H2. The van der Waals surface area contributed by atoms with E-state index in [0.717, 1.165) is 55.2 Å². The van der Waals surface area contributed by atoms with Crippen molar-refractivity contribution in [3.8, 4) is 0 Å². The molecule has 3 heterocycles. The third kappa shape index (κ3) is 5.74. The van der Waals surface area contributed by atoms with Crippen LogP contribution in [0.25, 0.3) is 11.0 Å². The van der Waals surface area contributed by atoms with E-state index in [9.17, 15) is 0 Å². The molecule has 1 aromatic carbocycles. The van der Waals surface area contributed by atoms with E-state index in [1.54, 1.807) is 11.3 Å². The summed E-state index contributed by atoms with van der Waals surface area (Å²) in [5, 5.41) is 9.14. The van der Waals surface area contributed by atoms with Gasteiger partial charge in [-0.3, -0.25) is 0 Å². The molecule has 1 saturated heterocycles. The quantitative estimate of drug-likeness (QED) is 0.499. The maximum absolute atomic E-state index is 4.79. The molecule has 146 valence electrons. The normalized spacial score (nSPS) is 13.7. The fourth-order valence-electron chi connectivity index (χ4n) is 2.97. The molecule has 0 unspecified atom stereocenters. The average Bonchev–Trinajstić information content (AvgIpc) is 3.18. The van der Waals surface area contributed by atoms with Crippen molar-refractivity contribution >= 4 is 79.3 Å². The predicted octanol–water partition coefficient (Wildman–Crippen LogP) is 3.61. The Bertz CT molecular complexity index is 762. The fourth-order valence-corrected chi connectivity index (χ4v) is 3.52. The first-order valence-corrected chi connectivity index (χ1v) is 8.64. The highest BCUT2D eigenvalue weighted by molar-refractivity contribution is 8.93. The first-order valence-electron chi connectivity index (χ1n) is 7.70. The summed E-state index contributed by atoms with van der Waals surface area (Å²) >= 11 is 1.63. The van der Waals surface area contributed by atoms with Gasteiger partial charge in [-0.2, -0.15) is 0 Å². The Hall–Kier alpha value is -0.520. The number of nitrogens with one attached hydrogen (secondary N) is 2. The minimum absolute atomic E-state index is 0. The van der Waals surface area contributed by atoms with Crippen molar-refractivity contribution in [1.82, 2.24) is 19.9 Å². The van der Waals surface area contributed by atoms with Crippen LogP contribution in [0.4, 0.5) is 5.95 Å². The molecule has 26 heavy (non-hydrogen) atoms. The van der Waals surface area contributed by atoms with E-state index in [-0.39, 0.29) is 56.4 Å². The molecule has 2 aromatic heterocycles. The third-order valence-corrected chi connectivity index (χ3v) is 4.77. The zero-order chi connectivity index (χ0) is 14.8. The van der Waals surface area contributed by atoms with Crippen molar-refractivity contribution in [2.45, 2.75) is 25.4 Å². The van der Waals surface area contributed by atoms with Gasteiger partial charge in [0.05, 0.1) is 28.8 Å². The summed E-state index contributed by atoms with van der Waals surface area (Å²) in [6.07, 6.45) is 2.28. The number of hydrogen-bond acceptors (Lipinski definition) is 5. The second kappa shape index (κ2) is 12.0. The lowest BCUT2D eigenvalue weighted by atomic mass is 10.1. The van der Waals surface area contributed by atoms with Crippen molar-refractivity contribution in [3.63, 3.8) is 0 Å². The van der Waals surface area contributed by atoms with Crippen LogP contribution in [-0.4, -0.2) is 39.1 Å². The molecule has 4 N–H and O–H groups in total. The van der Waals surface area contributed by atoms with Crippen LogP contribution >= 0.6 is 62.3 Å². The molecule has 1 aliphatic rings. The molecule has 10 heteroatoms. The Balaban J connectivity index is 0.00000156. The number of benzene rings is 1. The molecular weight excluding hydrogens is 550 g/mol. The number of nitrogens with zero attached hydrogens (tertiary/aromatic N) is 3. The van der Waals surface area contributed by atoms with Gasteiger partial charge in [0.15, 0.2) is 0 Å². The van der Waals surface area contributed by atoms with Gasteiger partial charge in [-0.25, -0.2) is 9.97 Å². The van der Waals surface area contributed by atoms with Crippen LogP contribution in [-0.2, 0) is 6.54 Å². The highest BCUT2D eigenvalue weighted by atomic mass is 79.9. The minimum atomic E-state index is 0. The Morgan fingerprint density at radius 3 is 2.58 bits per heavy atom. The zero-order valence-corrected chi connectivity index (χ0v) is 20.0. The lowest BCUT2D eigenvalue weighted by Gasteiger charge is -2.24. The van der Waals surface area contributed by atoms with E-state index in [4.69, 9.17) is 4.98 Å². The number of halogens is 3. The van der Waals surface area contributed by atoms with Gasteiger partial charge in [0.2, 0.25) is 5.95 Å². The average molecular weight is 574 g/mol. The van der Waals surface area contributed by atoms with E-state index < -0.39 is 0 Å². The molecular formula is C16H24Br3N5OS. The van der Waals surface area contributed by atoms with Crippen LogP contribution in [0.3, 0.4) is 0 Å². The second-order valence-corrected chi connectivity index (χ2v) is 6.38. The number of imidazole rings is 1. The van der Waals surface area contributed by atoms with Gasteiger partial charge < -0.3 is 20.7 Å². The van der Waals surface area contributed by atoms with E-state index in [0.29, 0.717) is 6.04 Å². The lowest BCUT2D eigenvalue weighted by molar-refractivity contribution is 0.476. The molecule has 0 aliphatic carbocycles. The Labute approximate surface area is 188 Å². The summed E-state index contributed by atoms with van der Waals surface area (Å²) in [6.45, 7) is 2.91. The van der Waals surface area contributed by atoms with E-state index in [1.165, 1.54) is 0 Å². The first-order chi connectivity index (χ1) is 10.9. The van der Waals surface area contributed by atoms with E-state index in [1.807, 2.05) is 11.6 Å². The minimum Gasteiger partial charge on any atom is -0.412 e. The number of aromatic nitrogens is 3. The maximum atomic E-state index is 4.79. The Kier molecular flexibility index (Phi) is 11.8. The topological polar surface area (TPSA) is 86.3 Å². The van der Waals surface area contributed by atoms with Gasteiger partial charge in [-0.15, -0.1) is 62.3 Å². The van der Waals surface area contributed by atoms with Crippen molar-refractivity contribution < 1.29 is 5.48 Å². The fraction of sp³-hybridized carbons (Fsp3) is 0.375. The van der Waals surface area contributed by atoms with E-state index >= 15 is 0 Å².